The lowest BCUT2D eigenvalue weighted by molar-refractivity contribution is -0.152. The van der Waals surface area contributed by atoms with Crippen LogP contribution in [0.4, 0.5) is 0 Å². The van der Waals surface area contributed by atoms with E-state index in [0.29, 0.717) is 12.3 Å². The number of rotatable bonds is 7. The van der Waals surface area contributed by atoms with Crippen molar-refractivity contribution in [2.45, 2.75) is 52.5 Å². The molecule has 15 heavy (non-hydrogen) atoms. The predicted molar refractivity (Wildman–Crippen MR) is 63.0 cm³/mol. The van der Waals surface area contributed by atoms with Crippen LogP contribution in [0, 0.1) is 5.92 Å². The molecule has 0 aromatic carbocycles. The number of likely N-dealkylation sites (N-methyl/N-ethyl adjacent to an activating group) is 1. The van der Waals surface area contributed by atoms with Gasteiger partial charge in [0.1, 0.15) is 5.54 Å². The van der Waals surface area contributed by atoms with Crippen LogP contribution >= 0.6 is 0 Å². The highest BCUT2D eigenvalue weighted by atomic mass is 16.4. The van der Waals surface area contributed by atoms with E-state index in [1.54, 1.807) is 0 Å². The van der Waals surface area contributed by atoms with E-state index in [-0.39, 0.29) is 0 Å². The maximum absolute atomic E-state index is 11.5. The normalized spacial score (nSPS) is 17.5. The summed E-state index contributed by atoms with van der Waals surface area (Å²) in [6.45, 7) is 8.97. The van der Waals surface area contributed by atoms with E-state index in [9.17, 15) is 9.90 Å². The molecule has 0 aliphatic carbocycles. The fourth-order valence-corrected chi connectivity index (χ4v) is 2.00. The number of nitrogens with zero attached hydrogens (tertiary/aromatic N) is 1. The van der Waals surface area contributed by atoms with Gasteiger partial charge in [-0.3, -0.25) is 9.69 Å². The van der Waals surface area contributed by atoms with Crippen LogP contribution in [0.15, 0.2) is 0 Å². The zero-order valence-corrected chi connectivity index (χ0v) is 10.7. The number of aliphatic carboxylic acids is 1. The molecule has 0 fully saturated rings. The molecule has 0 aliphatic heterocycles. The minimum Gasteiger partial charge on any atom is -0.480 e. The summed E-state index contributed by atoms with van der Waals surface area (Å²) < 4.78 is 0. The highest BCUT2D eigenvalue weighted by molar-refractivity contribution is 5.78. The van der Waals surface area contributed by atoms with Crippen LogP contribution in [-0.2, 0) is 4.79 Å². The maximum atomic E-state index is 11.5. The van der Waals surface area contributed by atoms with Gasteiger partial charge >= 0.3 is 5.97 Å². The van der Waals surface area contributed by atoms with Crippen molar-refractivity contribution in [3.05, 3.63) is 0 Å². The van der Waals surface area contributed by atoms with Crippen LogP contribution in [0.5, 0.6) is 0 Å². The second-order valence-electron chi connectivity index (χ2n) is 4.42. The third kappa shape index (κ3) is 3.20. The SMILES string of the molecule is CCC(C)CC(CC)(C(=O)O)N(C)CC. The Bertz CT molecular complexity index is 206. The first kappa shape index (κ1) is 14.4. The number of carboxylic acid groups (broad SMARTS) is 1. The highest BCUT2D eigenvalue weighted by Gasteiger charge is 2.40. The van der Waals surface area contributed by atoms with Gasteiger partial charge in [0.15, 0.2) is 0 Å². The van der Waals surface area contributed by atoms with E-state index in [4.69, 9.17) is 0 Å². The van der Waals surface area contributed by atoms with Gasteiger partial charge in [-0.25, -0.2) is 0 Å². The minimum atomic E-state index is -0.686. The lowest BCUT2D eigenvalue weighted by Crippen LogP contribution is -2.53. The van der Waals surface area contributed by atoms with Crippen molar-refractivity contribution in [2.75, 3.05) is 13.6 Å². The molecule has 0 aromatic heterocycles. The van der Waals surface area contributed by atoms with Crippen LogP contribution < -0.4 is 0 Å². The quantitative estimate of drug-likeness (QED) is 0.709. The highest BCUT2D eigenvalue weighted by Crippen LogP contribution is 2.28. The molecule has 0 aromatic rings. The summed E-state index contributed by atoms with van der Waals surface area (Å²) in [6.07, 6.45) is 2.43. The van der Waals surface area contributed by atoms with E-state index < -0.39 is 11.5 Å². The maximum Gasteiger partial charge on any atom is 0.324 e. The summed E-state index contributed by atoms with van der Waals surface area (Å²) in [5, 5.41) is 9.43. The average Bonchev–Trinajstić information content (AvgIpc) is 2.23. The van der Waals surface area contributed by atoms with Crippen molar-refractivity contribution in [1.82, 2.24) is 4.90 Å². The third-order valence-electron chi connectivity index (χ3n) is 3.57. The fourth-order valence-electron chi connectivity index (χ4n) is 2.00. The molecule has 3 nitrogen and oxygen atoms in total. The van der Waals surface area contributed by atoms with Gasteiger partial charge in [0.2, 0.25) is 0 Å². The largest absolute Gasteiger partial charge is 0.480 e. The lowest BCUT2D eigenvalue weighted by Gasteiger charge is -2.38. The third-order valence-corrected chi connectivity index (χ3v) is 3.57. The van der Waals surface area contributed by atoms with E-state index in [2.05, 4.69) is 13.8 Å². The summed E-state index contributed by atoms with van der Waals surface area (Å²) in [5.74, 6) is -0.232. The van der Waals surface area contributed by atoms with E-state index in [1.165, 1.54) is 0 Å². The average molecular weight is 215 g/mol. The van der Waals surface area contributed by atoms with Crippen LogP contribution in [0.3, 0.4) is 0 Å². The Labute approximate surface area is 93.5 Å². The first-order valence-corrected chi connectivity index (χ1v) is 5.89. The first-order chi connectivity index (χ1) is 6.94. The van der Waals surface area contributed by atoms with Gasteiger partial charge in [0, 0.05) is 0 Å². The van der Waals surface area contributed by atoms with Crippen molar-refractivity contribution in [1.29, 1.82) is 0 Å². The Kier molecular flexibility index (Phi) is 5.88. The molecular weight excluding hydrogens is 190 g/mol. The topological polar surface area (TPSA) is 40.5 Å². The molecule has 3 heteroatoms. The number of carboxylic acids is 1. The zero-order chi connectivity index (χ0) is 12.1. The molecule has 0 saturated carbocycles. The molecule has 1 N–H and O–H groups in total. The minimum absolute atomic E-state index is 0.454. The molecule has 0 saturated heterocycles. The van der Waals surface area contributed by atoms with Crippen molar-refractivity contribution >= 4 is 5.97 Å². The Morgan fingerprint density at radius 3 is 2.20 bits per heavy atom. The van der Waals surface area contributed by atoms with Crippen LogP contribution in [0.1, 0.15) is 47.0 Å². The Morgan fingerprint density at radius 1 is 1.40 bits per heavy atom. The predicted octanol–water partition coefficient (Wildman–Crippen LogP) is 2.61. The molecule has 90 valence electrons. The first-order valence-electron chi connectivity index (χ1n) is 5.89. The molecule has 0 amide bonds. The van der Waals surface area contributed by atoms with Crippen molar-refractivity contribution < 1.29 is 9.90 Å². The second kappa shape index (κ2) is 6.11. The van der Waals surface area contributed by atoms with Crippen molar-refractivity contribution in [2.24, 2.45) is 5.92 Å². The Hall–Kier alpha value is -0.570. The molecule has 0 heterocycles. The monoisotopic (exact) mass is 215 g/mol. The van der Waals surface area contributed by atoms with Crippen molar-refractivity contribution in [3.63, 3.8) is 0 Å². The second-order valence-corrected chi connectivity index (χ2v) is 4.42. The summed E-state index contributed by atoms with van der Waals surface area (Å²) >= 11 is 0. The number of hydrogen-bond donors (Lipinski definition) is 1. The molecular formula is C12H25NO2. The standard InChI is InChI=1S/C12H25NO2/c1-6-10(4)9-12(7-2,11(14)15)13(5)8-3/h10H,6-9H2,1-5H3,(H,14,15). The molecule has 0 bridgehead atoms. The van der Waals surface area contributed by atoms with Gasteiger partial charge < -0.3 is 5.11 Å². The molecule has 0 radical (unpaired) electrons. The number of carbonyl (C=O) groups is 1. The number of hydrogen-bond acceptors (Lipinski definition) is 2. The van der Waals surface area contributed by atoms with Gasteiger partial charge in [0.25, 0.3) is 0 Å². The van der Waals surface area contributed by atoms with E-state index >= 15 is 0 Å². The molecule has 0 aliphatic rings. The molecule has 0 spiro atoms. The molecule has 2 atom stereocenters. The van der Waals surface area contributed by atoms with Gasteiger partial charge in [-0.1, -0.05) is 34.1 Å². The van der Waals surface area contributed by atoms with Gasteiger partial charge in [-0.2, -0.15) is 0 Å². The molecule has 2 unspecified atom stereocenters. The van der Waals surface area contributed by atoms with Crippen LogP contribution in [0.2, 0.25) is 0 Å². The van der Waals surface area contributed by atoms with Gasteiger partial charge in [-0.05, 0) is 32.4 Å². The van der Waals surface area contributed by atoms with E-state index in [0.717, 1.165) is 19.4 Å². The smallest absolute Gasteiger partial charge is 0.324 e. The summed E-state index contributed by atoms with van der Waals surface area (Å²) in [7, 11) is 1.90. The summed E-state index contributed by atoms with van der Waals surface area (Å²) in [4.78, 5) is 13.4. The summed E-state index contributed by atoms with van der Waals surface area (Å²) in [6, 6.07) is 0. The van der Waals surface area contributed by atoms with Crippen molar-refractivity contribution in [3.8, 4) is 0 Å². The van der Waals surface area contributed by atoms with Crippen LogP contribution in [0.25, 0.3) is 0 Å². The zero-order valence-electron chi connectivity index (χ0n) is 10.7. The van der Waals surface area contributed by atoms with E-state index in [1.807, 2.05) is 25.8 Å². The summed E-state index contributed by atoms with van der Waals surface area (Å²) in [5.41, 5.74) is -0.676. The van der Waals surface area contributed by atoms with Gasteiger partial charge in [0.05, 0.1) is 0 Å². The molecule has 0 rings (SSSR count). The lowest BCUT2D eigenvalue weighted by atomic mass is 9.83. The van der Waals surface area contributed by atoms with Crippen LogP contribution in [-0.4, -0.2) is 35.1 Å². The fraction of sp³-hybridized carbons (Fsp3) is 0.917. The Morgan fingerprint density at radius 2 is 1.93 bits per heavy atom. The Balaban J connectivity index is 4.89. The van der Waals surface area contributed by atoms with Gasteiger partial charge in [-0.15, -0.1) is 0 Å².